The molecule has 474 valence electrons. The molecule has 2 atom stereocenters. The van der Waals surface area contributed by atoms with Crippen LogP contribution in [0.5, 0.6) is 0 Å². The van der Waals surface area contributed by atoms with Crippen LogP contribution < -0.4 is 5.32 Å². The molecule has 1 amide bonds. The lowest BCUT2D eigenvalue weighted by atomic mass is 10.0. The van der Waals surface area contributed by atoms with E-state index in [9.17, 15) is 15.0 Å². The van der Waals surface area contributed by atoms with E-state index in [1.165, 1.54) is 366 Å². The molecule has 0 aliphatic carbocycles. The molecule has 0 fully saturated rings. The van der Waals surface area contributed by atoms with Crippen molar-refractivity contribution in [2.24, 2.45) is 0 Å². The molecule has 0 aliphatic heterocycles. The number of amides is 1. The second kappa shape index (κ2) is 71.9. The molecule has 0 heterocycles. The van der Waals surface area contributed by atoms with Crippen molar-refractivity contribution in [3.8, 4) is 0 Å². The quantitative estimate of drug-likeness (QED) is 0.0420. The van der Waals surface area contributed by atoms with Gasteiger partial charge in [0, 0.05) is 6.42 Å². The number of rotatable bonds is 70. The first-order chi connectivity index (χ1) is 39.7. The molecule has 0 aliphatic rings. The topological polar surface area (TPSA) is 69.6 Å². The maximum atomic E-state index is 12.5. The van der Waals surface area contributed by atoms with Crippen LogP contribution in [0.2, 0.25) is 0 Å². The van der Waals surface area contributed by atoms with E-state index in [0.29, 0.717) is 6.42 Å². The highest BCUT2D eigenvalue weighted by molar-refractivity contribution is 5.76. The normalized spacial score (nSPS) is 12.8. The van der Waals surface area contributed by atoms with Crippen LogP contribution in [0.4, 0.5) is 0 Å². The minimum absolute atomic E-state index is 0.0689. The van der Waals surface area contributed by atoms with Crippen LogP contribution in [0.25, 0.3) is 0 Å². The third-order valence-corrected chi connectivity index (χ3v) is 17.6. The van der Waals surface area contributed by atoms with Crippen molar-refractivity contribution in [2.75, 3.05) is 6.61 Å². The molecule has 0 aromatic carbocycles. The summed E-state index contributed by atoms with van der Waals surface area (Å²) in [6.07, 6.45) is 99.9. The van der Waals surface area contributed by atoms with Crippen LogP contribution in [0, 0.1) is 0 Å². The molecule has 4 nitrogen and oxygen atoms in total. The Morgan fingerprint density at radius 2 is 0.487 bits per heavy atom. The number of aliphatic hydroxyl groups is 2. The van der Waals surface area contributed by atoms with E-state index in [2.05, 4.69) is 43.5 Å². The van der Waals surface area contributed by atoms with Gasteiger partial charge >= 0.3 is 0 Å². The van der Waals surface area contributed by atoms with Crippen molar-refractivity contribution in [2.45, 2.75) is 437 Å². The second-order valence-corrected chi connectivity index (χ2v) is 25.7. The lowest BCUT2D eigenvalue weighted by Crippen LogP contribution is -2.45. The Morgan fingerprint density at radius 1 is 0.287 bits per heavy atom. The minimum atomic E-state index is -0.871. The van der Waals surface area contributed by atoms with Crippen LogP contribution in [0.15, 0.2) is 36.5 Å². The molecule has 0 aromatic heterocycles. The molecule has 0 spiro atoms. The first-order valence-electron chi connectivity index (χ1n) is 37.2. The van der Waals surface area contributed by atoms with E-state index in [1.807, 2.05) is 6.08 Å². The highest BCUT2D eigenvalue weighted by atomic mass is 16.3. The molecule has 80 heavy (non-hydrogen) atoms. The molecular formula is C76H147NO3. The van der Waals surface area contributed by atoms with Crippen molar-refractivity contribution in [1.82, 2.24) is 5.32 Å². The first-order valence-corrected chi connectivity index (χ1v) is 37.2. The average molecular weight is 1120 g/mol. The molecule has 0 aromatic rings. The molecule has 3 N–H and O–H groups in total. The summed E-state index contributed by atoms with van der Waals surface area (Å²) < 4.78 is 0. The van der Waals surface area contributed by atoms with Gasteiger partial charge in [-0.15, -0.1) is 0 Å². The standard InChI is InChI=1S/C76H147NO3/c1-3-5-7-9-11-13-15-17-19-21-23-25-27-29-31-33-34-35-36-37-38-39-40-41-42-43-44-46-48-50-52-54-56-58-60-62-64-66-68-70-72-76(80)77-74(73-78)75(79)71-69-67-65-63-61-59-57-55-53-51-49-47-45-32-30-28-26-24-22-20-18-16-14-12-10-8-6-4-2/h53,55,61,63,69,71,74-75,78-79H,3-52,54,56-60,62,64-68,70,72-73H2,1-2H3,(H,77,80)/b55-53+,63-61+,71-69+. The summed E-state index contributed by atoms with van der Waals surface area (Å²) in [7, 11) is 0. The Hall–Kier alpha value is -1.39. The highest BCUT2D eigenvalue weighted by Gasteiger charge is 2.18. The number of unbranched alkanes of at least 4 members (excludes halogenated alkanes) is 59. The lowest BCUT2D eigenvalue weighted by Gasteiger charge is -2.19. The van der Waals surface area contributed by atoms with Crippen molar-refractivity contribution in [3.05, 3.63) is 36.5 Å². The molecule has 0 saturated heterocycles. The van der Waals surface area contributed by atoms with Crippen LogP contribution >= 0.6 is 0 Å². The predicted octanol–water partition coefficient (Wildman–Crippen LogP) is 25.5. The number of allylic oxidation sites excluding steroid dienone is 5. The van der Waals surface area contributed by atoms with Crippen LogP contribution in [-0.2, 0) is 4.79 Å². The van der Waals surface area contributed by atoms with E-state index < -0.39 is 12.1 Å². The van der Waals surface area contributed by atoms with Crippen LogP contribution in [0.3, 0.4) is 0 Å². The number of hydrogen-bond acceptors (Lipinski definition) is 3. The van der Waals surface area contributed by atoms with E-state index >= 15 is 0 Å². The largest absolute Gasteiger partial charge is 0.394 e. The van der Waals surface area contributed by atoms with Gasteiger partial charge in [0.25, 0.3) is 0 Å². The van der Waals surface area contributed by atoms with Gasteiger partial charge in [0.2, 0.25) is 5.91 Å². The molecule has 0 rings (SSSR count). The van der Waals surface area contributed by atoms with E-state index in [1.54, 1.807) is 6.08 Å². The first kappa shape index (κ1) is 78.6. The zero-order valence-electron chi connectivity index (χ0n) is 54.9. The fourth-order valence-corrected chi connectivity index (χ4v) is 12.0. The average Bonchev–Trinajstić information content (AvgIpc) is 3.46. The zero-order valence-corrected chi connectivity index (χ0v) is 54.9. The van der Waals surface area contributed by atoms with Crippen LogP contribution in [-0.4, -0.2) is 34.9 Å². The van der Waals surface area contributed by atoms with Crippen molar-refractivity contribution < 1.29 is 15.0 Å². The minimum Gasteiger partial charge on any atom is -0.394 e. The summed E-state index contributed by atoms with van der Waals surface area (Å²) in [5, 5.41) is 23.3. The lowest BCUT2D eigenvalue weighted by molar-refractivity contribution is -0.123. The van der Waals surface area contributed by atoms with Crippen LogP contribution in [0.1, 0.15) is 425 Å². The summed E-state index contributed by atoms with van der Waals surface area (Å²) in [5.41, 5.74) is 0. The number of carbonyl (C=O) groups excluding carboxylic acids is 1. The molecule has 0 saturated carbocycles. The van der Waals surface area contributed by atoms with Crippen molar-refractivity contribution in [3.63, 3.8) is 0 Å². The fourth-order valence-electron chi connectivity index (χ4n) is 12.0. The molecule has 2 unspecified atom stereocenters. The maximum Gasteiger partial charge on any atom is 0.220 e. The van der Waals surface area contributed by atoms with Gasteiger partial charge in [-0.05, 0) is 44.9 Å². The number of hydrogen-bond donors (Lipinski definition) is 3. The summed E-state index contributed by atoms with van der Waals surface area (Å²) in [4.78, 5) is 12.5. The molecule has 0 bridgehead atoms. The Labute approximate surface area is 503 Å². The third-order valence-electron chi connectivity index (χ3n) is 17.6. The van der Waals surface area contributed by atoms with E-state index in [-0.39, 0.29) is 12.5 Å². The zero-order chi connectivity index (χ0) is 57.6. The third kappa shape index (κ3) is 67.4. The maximum absolute atomic E-state index is 12.5. The Bertz CT molecular complexity index is 1230. The van der Waals surface area contributed by atoms with Gasteiger partial charge in [-0.2, -0.15) is 0 Å². The Morgan fingerprint density at radius 3 is 0.725 bits per heavy atom. The Balaban J connectivity index is 3.42. The van der Waals surface area contributed by atoms with Crippen molar-refractivity contribution >= 4 is 5.91 Å². The van der Waals surface area contributed by atoms with Gasteiger partial charge in [0.15, 0.2) is 0 Å². The monoisotopic (exact) mass is 1120 g/mol. The summed E-state index contributed by atoms with van der Waals surface area (Å²) in [6, 6.07) is -0.646. The predicted molar refractivity (Wildman–Crippen MR) is 359 cm³/mol. The molecule has 4 heteroatoms. The SMILES string of the molecule is CCCCCCCCCCCCCCCCCCCC/C=C/CC/C=C/CC/C=C/C(O)C(CO)NC(=O)CCCCCCCCCCCCCCCCCCCCCCCCCCCCCCCCCCCCCCCCCC. The molecular weight excluding hydrogens is 975 g/mol. The summed E-state index contributed by atoms with van der Waals surface area (Å²) in [6.45, 7) is 4.35. The smallest absolute Gasteiger partial charge is 0.220 e. The summed E-state index contributed by atoms with van der Waals surface area (Å²) >= 11 is 0. The van der Waals surface area contributed by atoms with E-state index in [4.69, 9.17) is 0 Å². The van der Waals surface area contributed by atoms with Gasteiger partial charge < -0.3 is 15.5 Å². The summed E-state index contributed by atoms with van der Waals surface area (Å²) in [5.74, 6) is -0.0689. The Kier molecular flexibility index (Phi) is 70.6. The molecule has 0 radical (unpaired) electrons. The van der Waals surface area contributed by atoms with E-state index in [0.717, 1.165) is 38.5 Å². The van der Waals surface area contributed by atoms with Gasteiger partial charge in [-0.1, -0.05) is 410 Å². The van der Waals surface area contributed by atoms with Gasteiger partial charge in [0.1, 0.15) is 0 Å². The number of aliphatic hydroxyl groups excluding tert-OH is 2. The number of carbonyl (C=O) groups is 1. The fraction of sp³-hybridized carbons (Fsp3) is 0.908. The second-order valence-electron chi connectivity index (χ2n) is 25.7. The van der Waals surface area contributed by atoms with Crippen molar-refractivity contribution in [1.29, 1.82) is 0 Å². The van der Waals surface area contributed by atoms with Gasteiger partial charge in [-0.3, -0.25) is 4.79 Å². The van der Waals surface area contributed by atoms with Gasteiger partial charge in [0.05, 0.1) is 18.8 Å². The van der Waals surface area contributed by atoms with Gasteiger partial charge in [-0.25, -0.2) is 0 Å². The highest BCUT2D eigenvalue weighted by Crippen LogP contribution is 2.20. The number of nitrogens with one attached hydrogen (secondary N) is 1.